The van der Waals surface area contributed by atoms with Crippen molar-refractivity contribution in [1.82, 2.24) is 0 Å². The Morgan fingerprint density at radius 2 is 1.63 bits per heavy atom. The molecule has 3 aromatic carbocycles. The average Bonchev–Trinajstić information content (AvgIpc) is 2.87. The third-order valence-corrected chi connectivity index (χ3v) is 6.68. The molecule has 0 bridgehead atoms. The van der Waals surface area contributed by atoms with Crippen molar-refractivity contribution in [2.45, 2.75) is 58.0 Å². The largest absolute Gasteiger partial charge is 0.508 e. The summed E-state index contributed by atoms with van der Waals surface area (Å²) in [5.41, 5.74) is 3.32. The van der Waals surface area contributed by atoms with Crippen molar-refractivity contribution in [3.8, 4) is 28.7 Å². The third-order valence-electron chi connectivity index (χ3n) is 6.68. The van der Waals surface area contributed by atoms with E-state index in [1.807, 2.05) is 6.07 Å². The van der Waals surface area contributed by atoms with Crippen LogP contribution in [0, 0.1) is 5.92 Å². The second-order valence-electron chi connectivity index (χ2n) is 10.1. The number of aromatic hydroxyl groups is 3. The molecule has 2 atom stereocenters. The van der Waals surface area contributed by atoms with E-state index in [0.717, 1.165) is 23.1 Å². The number of phenolic OH excluding ortho intramolecular Hbond substituents is 3. The first-order chi connectivity index (χ1) is 18.1. The van der Waals surface area contributed by atoms with E-state index in [1.54, 1.807) is 42.5 Å². The summed E-state index contributed by atoms with van der Waals surface area (Å²) in [4.78, 5) is 13.5. The minimum atomic E-state index is -0.872. The predicted octanol–water partition coefficient (Wildman–Crippen LogP) is 5.30. The summed E-state index contributed by atoms with van der Waals surface area (Å²) in [6.45, 7) is 4.18. The van der Waals surface area contributed by atoms with Gasteiger partial charge in [-0.05, 0) is 78.6 Å². The molecule has 7 nitrogen and oxygen atoms in total. The van der Waals surface area contributed by atoms with E-state index in [0.29, 0.717) is 42.2 Å². The second-order valence-corrected chi connectivity index (χ2v) is 10.1. The van der Waals surface area contributed by atoms with Gasteiger partial charge in [-0.15, -0.1) is 0 Å². The molecule has 0 radical (unpaired) electrons. The maximum absolute atomic E-state index is 13.5. The molecule has 0 saturated heterocycles. The van der Waals surface area contributed by atoms with Gasteiger partial charge >= 0.3 is 0 Å². The molecule has 2 unspecified atom stereocenters. The number of aliphatic hydroxyl groups is 1. The summed E-state index contributed by atoms with van der Waals surface area (Å²) in [5, 5.41) is 41.1. The van der Waals surface area contributed by atoms with E-state index in [-0.39, 0.29) is 29.5 Å². The van der Waals surface area contributed by atoms with Crippen LogP contribution in [-0.2, 0) is 24.1 Å². The van der Waals surface area contributed by atoms with E-state index in [9.17, 15) is 25.2 Å². The van der Waals surface area contributed by atoms with Gasteiger partial charge in [0, 0.05) is 17.9 Å². The molecule has 0 saturated carbocycles. The van der Waals surface area contributed by atoms with E-state index < -0.39 is 12.0 Å². The molecule has 38 heavy (non-hydrogen) atoms. The van der Waals surface area contributed by atoms with Crippen molar-refractivity contribution < 1.29 is 34.7 Å². The van der Waals surface area contributed by atoms with Crippen LogP contribution >= 0.6 is 0 Å². The van der Waals surface area contributed by atoms with Gasteiger partial charge in [-0.2, -0.15) is 0 Å². The normalized spacial score (nSPS) is 12.8. The lowest BCUT2D eigenvalue weighted by molar-refractivity contribution is -0.122. The van der Waals surface area contributed by atoms with Gasteiger partial charge < -0.3 is 29.9 Å². The maximum atomic E-state index is 13.5. The fraction of sp³-hybridized carbons (Fsp3) is 0.387. The van der Waals surface area contributed by atoms with Crippen LogP contribution in [0.4, 0.5) is 0 Å². The van der Waals surface area contributed by atoms with Crippen LogP contribution < -0.4 is 9.47 Å². The van der Waals surface area contributed by atoms with Crippen LogP contribution in [0.3, 0.4) is 0 Å². The number of methoxy groups -OCH3 is 2. The zero-order valence-electron chi connectivity index (χ0n) is 22.5. The molecule has 4 N–H and O–H groups in total. The Bertz CT molecular complexity index is 1230. The van der Waals surface area contributed by atoms with Gasteiger partial charge in [0.1, 0.15) is 11.5 Å². The number of carbonyl (C=O) groups excluding carboxylic acids is 1. The molecule has 7 heteroatoms. The van der Waals surface area contributed by atoms with Crippen LogP contribution in [0.2, 0.25) is 0 Å². The first kappa shape index (κ1) is 28.9. The van der Waals surface area contributed by atoms with Crippen molar-refractivity contribution in [1.29, 1.82) is 0 Å². The summed E-state index contributed by atoms with van der Waals surface area (Å²) < 4.78 is 10.7. The highest BCUT2D eigenvalue weighted by molar-refractivity contribution is 5.86. The standard InChI is InChI=1S/C31H38O7/c1-19(2)14-26-21(10-13-28(35)31(26)38-4)9-11-24(33)18-29(36)25(22-6-5-7-23(32)17-22)15-20-8-12-27(34)30(16-20)37-3/h5-8,10,12-13,16-17,19,24-25,32-35H,9,11,14-15,18H2,1-4H3. The molecular formula is C31H38O7. The molecule has 0 heterocycles. The van der Waals surface area contributed by atoms with Crippen molar-refractivity contribution in [2.75, 3.05) is 14.2 Å². The molecule has 0 spiro atoms. The first-order valence-electron chi connectivity index (χ1n) is 12.9. The van der Waals surface area contributed by atoms with E-state index in [4.69, 9.17) is 9.47 Å². The number of carbonyl (C=O) groups is 1. The Morgan fingerprint density at radius 1 is 0.895 bits per heavy atom. The molecule has 0 aromatic heterocycles. The highest BCUT2D eigenvalue weighted by atomic mass is 16.5. The number of aryl methyl sites for hydroxylation is 1. The van der Waals surface area contributed by atoms with E-state index in [2.05, 4.69) is 13.8 Å². The smallest absolute Gasteiger partial charge is 0.163 e. The third kappa shape index (κ3) is 7.42. The van der Waals surface area contributed by atoms with Gasteiger partial charge in [0.2, 0.25) is 0 Å². The lowest BCUT2D eigenvalue weighted by Gasteiger charge is -2.20. The summed E-state index contributed by atoms with van der Waals surface area (Å²) in [5.74, 6) is 0.510. The molecule has 3 aromatic rings. The van der Waals surface area contributed by atoms with Crippen molar-refractivity contribution in [3.63, 3.8) is 0 Å². The van der Waals surface area contributed by atoms with Crippen LogP contribution in [0.25, 0.3) is 0 Å². The average molecular weight is 523 g/mol. The van der Waals surface area contributed by atoms with Crippen LogP contribution in [0.5, 0.6) is 28.7 Å². The van der Waals surface area contributed by atoms with Gasteiger partial charge in [0.05, 0.1) is 20.3 Å². The molecule has 204 valence electrons. The summed E-state index contributed by atoms with van der Waals surface area (Å²) in [7, 11) is 2.99. The molecule has 0 aliphatic rings. The molecular weight excluding hydrogens is 484 g/mol. The second kappa shape index (κ2) is 13.2. The van der Waals surface area contributed by atoms with Gasteiger partial charge in [-0.25, -0.2) is 0 Å². The van der Waals surface area contributed by atoms with Gasteiger partial charge in [0.25, 0.3) is 0 Å². The van der Waals surface area contributed by atoms with Crippen molar-refractivity contribution >= 4 is 5.78 Å². The lowest BCUT2D eigenvalue weighted by Crippen LogP contribution is -2.22. The zero-order valence-corrected chi connectivity index (χ0v) is 22.5. The SMILES string of the molecule is COc1cc(CC(C(=O)CC(O)CCc2ccc(O)c(OC)c2CC(C)C)c2cccc(O)c2)ccc1O. The minimum Gasteiger partial charge on any atom is -0.508 e. The number of ketones is 1. The number of aliphatic hydroxyl groups excluding tert-OH is 1. The van der Waals surface area contributed by atoms with Crippen LogP contribution in [0.1, 0.15) is 54.9 Å². The van der Waals surface area contributed by atoms with Gasteiger partial charge in [0.15, 0.2) is 23.0 Å². The monoisotopic (exact) mass is 522 g/mol. The zero-order chi connectivity index (χ0) is 27.8. The summed E-state index contributed by atoms with van der Waals surface area (Å²) >= 11 is 0. The number of phenols is 3. The Kier molecular flexibility index (Phi) is 10.0. The summed E-state index contributed by atoms with van der Waals surface area (Å²) in [6, 6.07) is 15.0. The number of benzene rings is 3. The molecule has 0 fully saturated rings. The number of Topliss-reactive ketones (excluding diaryl/α,β-unsaturated/α-hetero) is 1. The number of rotatable bonds is 13. The molecule has 0 amide bonds. The van der Waals surface area contributed by atoms with Gasteiger partial charge in [-0.1, -0.05) is 38.1 Å². The van der Waals surface area contributed by atoms with Crippen molar-refractivity contribution in [3.05, 3.63) is 76.9 Å². The Morgan fingerprint density at radius 3 is 2.29 bits per heavy atom. The topological polar surface area (TPSA) is 116 Å². The summed E-state index contributed by atoms with van der Waals surface area (Å²) in [6.07, 6.45) is 1.01. The highest BCUT2D eigenvalue weighted by Crippen LogP contribution is 2.35. The highest BCUT2D eigenvalue weighted by Gasteiger charge is 2.25. The van der Waals surface area contributed by atoms with Gasteiger partial charge in [-0.3, -0.25) is 4.79 Å². The van der Waals surface area contributed by atoms with Crippen molar-refractivity contribution in [2.24, 2.45) is 5.92 Å². The number of ether oxygens (including phenoxy) is 2. The first-order valence-corrected chi connectivity index (χ1v) is 12.9. The number of hydrogen-bond donors (Lipinski definition) is 4. The quantitative estimate of drug-likeness (QED) is 0.241. The maximum Gasteiger partial charge on any atom is 0.163 e. The lowest BCUT2D eigenvalue weighted by atomic mass is 9.85. The fourth-order valence-electron chi connectivity index (χ4n) is 4.79. The number of hydrogen-bond acceptors (Lipinski definition) is 7. The molecule has 3 rings (SSSR count). The Hall–Kier alpha value is -3.71. The van der Waals surface area contributed by atoms with E-state index >= 15 is 0 Å². The van der Waals surface area contributed by atoms with E-state index in [1.165, 1.54) is 20.3 Å². The fourth-order valence-corrected chi connectivity index (χ4v) is 4.79. The Labute approximate surface area is 224 Å². The van der Waals surface area contributed by atoms with Crippen LogP contribution in [-0.4, -0.2) is 46.5 Å². The predicted molar refractivity (Wildman–Crippen MR) is 146 cm³/mol. The molecule has 0 aliphatic carbocycles. The van der Waals surface area contributed by atoms with Crippen LogP contribution in [0.15, 0.2) is 54.6 Å². The molecule has 0 aliphatic heterocycles. The Balaban J connectivity index is 1.77. The minimum absolute atomic E-state index is 0.00889.